The Bertz CT molecular complexity index is 653. The lowest BCUT2D eigenvalue weighted by Crippen LogP contribution is -2.05. The van der Waals surface area contributed by atoms with Gasteiger partial charge in [0.1, 0.15) is 12.4 Å². The number of rotatable bonds is 5. The van der Waals surface area contributed by atoms with Crippen molar-refractivity contribution in [2.45, 2.75) is 6.61 Å². The lowest BCUT2D eigenvalue weighted by molar-refractivity contribution is -0.386. The van der Waals surface area contributed by atoms with Crippen molar-refractivity contribution in [3.05, 3.63) is 37.5 Å². The first-order valence-corrected chi connectivity index (χ1v) is 6.67. The number of anilines is 1. The van der Waals surface area contributed by atoms with E-state index >= 15 is 0 Å². The lowest BCUT2D eigenvalue weighted by atomic mass is 10.3. The van der Waals surface area contributed by atoms with E-state index in [2.05, 4.69) is 31.6 Å². The molecular weight excluding hydrogens is 357 g/mol. The van der Waals surface area contributed by atoms with E-state index in [9.17, 15) is 14.5 Å². The molecule has 0 unspecified atom stereocenters. The molecule has 0 spiro atoms. The number of nitrogen functional groups attached to an aromatic ring is 1. The number of nitrogens with two attached hydrogens (primary N) is 1. The van der Waals surface area contributed by atoms with Crippen molar-refractivity contribution in [1.82, 2.24) is 10.2 Å². The summed E-state index contributed by atoms with van der Waals surface area (Å²) in [6, 6.07) is 1.98. The average molecular weight is 364 g/mol. The van der Waals surface area contributed by atoms with Gasteiger partial charge in [-0.1, -0.05) is 11.3 Å². The van der Waals surface area contributed by atoms with Gasteiger partial charge in [-0.2, -0.15) is 0 Å². The summed E-state index contributed by atoms with van der Waals surface area (Å²) in [7, 11) is 0. The second-order valence-corrected chi connectivity index (χ2v) is 5.34. The van der Waals surface area contributed by atoms with Crippen LogP contribution in [0.2, 0.25) is 0 Å². The van der Waals surface area contributed by atoms with Crippen LogP contribution in [0.1, 0.15) is 5.01 Å². The summed E-state index contributed by atoms with van der Waals surface area (Å²) in [5.41, 5.74) is 1.96. The van der Waals surface area contributed by atoms with Crippen LogP contribution in [0.4, 0.5) is 15.2 Å². The minimum absolute atomic E-state index is 0.0120. The molecule has 1 aromatic carbocycles. The van der Waals surface area contributed by atoms with Gasteiger partial charge >= 0.3 is 5.69 Å². The van der Waals surface area contributed by atoms with Crippen molar-refractivity contribution >= 4 is 38.1 Å². The maximum absolute atomic E-state index is 13.4. The SMILES string of the molecule is NNc1nnc(COc2cc(F)c(Br)cc2[N+](=O)[O-])s1. The number of aromatic nitrogens is 2. The van der Waals surface area contributed by atoms with E-state index in [0.717, 1.165) is 23.5 Å². The Morgan fingerprint density at radius 3 is 2.90 bits per heavy atom. The van der Waals surface area contributed by atoms with Crippen LogP contribution in [0.3, 0.4) is 0 Å². The Labute approximate surface area is 124 Å². The summed E-state index contributed by atoms with van der Waals surface area (Å²) < 4.78 is 18.6. The van der Waals surface area contributed by atoms with Crippen LogP contribution in [-0.2, 0) is 6.61 Å². The summed E-state index contributed by atoms with van der Waals surface area (Å²) in [5, 5.41) is 19.1. The number of benzene rings is 1. The van der Waals surface area contributed by atoms with Crippen molar-refractivity contribution in [2.24, 2.45) is 5.84 Å². The lowest BCUT2D eigenvalue weighted by Gasteiger charge is -2.05. The Kier molecular flexibility index (Phi) is 4.42. The van der Waals surface area contributed by atoms with Gasteiger partial charge in [0, 0.05) is 12.1 Å². The molecule has 0 radical (unpaired) electrons. The van der Waals surface area contributed by atoms with E-state index in [1.807, 2.05) is 0 Å². The van der Waals surface area contributed by atoms with Gasteiger partial charge in [-0.3, -0.25) is 15.5 Å². The van der Waals surface area contributed by atoms with Gasteiger partial charge in [-0.25, -0.2) is 10.2 Å². The molecule has 1 heterocycles. The fourth-order valence-corrected chi connectivity index (χ4v) is 2.18. The van der Waals surface area contributed by atoms with Crippen LogP contribution < -0.4 is 16.0 Å². The van der Waals surface area contributed by atoms with Gasteiger partial charge in [0.25, 0.3) is 0 Å². The van der Waals surface area contributed by atoms with Crippen molar-refractivity contribution in [2.75, 3.05) is 5.43 Å². The van der Waals surface area contributed by atoms with E-state index < -0.39 is 10.7 Å². The number of halogens is 2. The summed E-state index contributed by atoms with van der Waals surface area (Å²) in [6.45, 7) is -0.0821. The fourth-order valence-electron chi connectivity index (χ4n) is 1.29. The first kappa shape index (κ1) is 14.6. The zero-order valence-electron chi connectivity index (χ0n) is 9.67. The third-order valence-electron chi connectivity index (χ3n) is 2.14. The van der Waals surface area contributed by atoms with Crippen LogP contribution in [-0.4, -0.2) is 15.1 Å². The van der Waals surface area contributed by atoms with Gasteiger partial charge in [-0.15, -0.1) is 10.2 Å². The van der Waals surface area contributed by atoms with E-state index in [1.165, 1.54) is 0 Å². The molecular formula is C9H7BrFN5O3S. The summed E-state index contributed by atoms with van der Waals surface area (Å²) in [5.74, 6) is 4.30. The normalized spacial score (nSPS) is 10.3. The molecule has 0 saturated carbocycles. The molecule has 0 aliphatic heterocycles. The zero-order valence-corrected chi connectivity index (χ0v) is 12.1. The van der Waals surface area contributed by atoms with Crippen molar-refractivity contribution in [3.63, 3.8) is 0 Å². The molecule has 8 nitrogen and oxygen atoms in total. The van der Waals surface area contributed by atoms with Crippen molar-refractivity contribution in [3.8, 4) is 5.75 Å². The maximum atomic E-state index is 13.4. The molecule has 0 amide bonds. The Morgan fingerprint density at radius 2 is 2.30 bits per heavy atom. The van der Waals surface area contributed by atoms with E-state index in [-0.39, 0.29) is 22.5 Å². The Morgan fingerprint density at radius 1 is 1.55 bits per heavy atom. The van der Waals surface area contributed by atoms with Gasteiger partial charge in [0.2, 0.25) is 10.9 Å². The molecule has 1 aromatic heterocycles. The Balaban J connectivity index is 2.20. The number of hydrazine groups is 1. The molecule has 2 rings (SSSR count). The number of nitro groups is 1. The highest BCUT2D eigenvalue weighted by atomic mass is 79.9. The van der Waals surface area contributed by atoms with Crippen molar-refractivity contribution < 1.29 is 14.1 Å². The van der Waals surface area contributed by atoms with Crippen molar-refractivity contribution in [1.29, 1.82) is 0 Å². The second kappa shape index (κ2) is 6.07. The highest BCUT2D eigenvalue weighted by molar-refractivity contribution is 9.10. The Hall–Kier alpha value is -1.85. The monoisotopic (exact) mass is 363 g/mol. The minimum Gasteiger partial charge on any atom is -0.479 e. The number of hydrogen-bond acceptors (Lipinski definition) is 8. The molecule has 0 aliphatic rings. The van der Waals surface area contributed by atoms with Gasteiger partial charge in [-0.05, 0) is 15.9 Å². The smallest absolute Gasteiger partial charge is 0.312 e. The van der Waals surface area contributed by atoms with Crippen LogP contribution in [0.5, 0.6) is 5.75 Å². The van der Waals surface area contributed by atoms with Crippen LogP contribution in [0.15, 0.2) is 16.6 Å². The summed E-state index contributed by atoms with van der Waals surface area (Å²) >= 11 is 4.00. The molecule has 2 aromatic rings. The highest BCUT2D eigenvalue weighted by Crippen LogP contribution is 2.33. The second-order valence-electron chi connectivity index (χ2n) is 3.43. The number of nitrogens with zero attached hydrogens (tertiary/aromatic N) is 3. The van der Waals surface area contributed by atoms with Gasteiger partial charge in [0.05, 0.1) is 9.40 Å². The van der Waals surface area contributed by atoms with Gasteiger partial charge in [0.15, 0.2) is 5.01 Å². The highest BCUT2D eigenvalue weighted by Gasteiger charge is 2.19. The predicted molar refractivity (Wildman–Crippen MR) is 72.8 cm³/mol. The zero-order chi connectivity index (χ0) is 14.7. The number of nitro benzene ring substituents is 1. The molecule has 0 atom stereocenters. The molecule has 11 heteroatoms. The fraction of sp³-hybridized carbons (Fsp3) is 0.111. The molecule has 106 valence electrons. The molecule has 0 saturated heterocycles. The quantitative estimate of drug-likeness (QED) is 0.475. The summed E-state index contributed by atoms with van der Waals surface area (Å²) in [6.07, 6.45) is 0. The predicted octanol–water partition coefficient (Wildman–Crippen LogP) is 2.21. The molecule has 0 aliphatic carbocycles. The molecule has 0 fully saturated rings. The number of ether oxygens (including phenoxy) is 1. The third-order valence-corrected chi connectivity index (χ3v) is 3.58. The molecule has 3 N–H and O–H groups in total. The average Bonchev–Trinajstić information content (AvgIpc) is 2.87. The number of hydrogen-bond donors (Lipinski definition) is 2. The molecule has 20 heavy (non-hydrogen) atoms. The largest absolute Gasteiger partial charge is 0.479 e. The van der Waals surface area contributed by atoms with Crippen LogP contribution in [0.25, 0.3) is 0 Å². The van der Waals surface area contributed by atoms with Crippen LogP contribution >= 0.6 is 27.3 Å². The maximum Gasteiger partial charge on any atom is 0.312 e. The third kappa shape index (κ3) is 3.18. The minimum atomic E-state index is -0.660. The first-order valence-electron chi connectivity index (χ1n) is 5.06. The standard InChI is InChI=1S/C9H7BrFN5O3S/c10-4-1-6(16(17)18)7(2-5(4)11)19-3-8-14-15-9(13-12)20-8/h1-2H,3,12H2,(H,13,15). The van der Waals surface area contributed by atoms with E-state index in [1.54, 1.807) is 0 Å². The first-order chi connectivity index (χ1) is 9.51. The van der Waals surface area contributed by atoms with E-state index in [0.29, 0.717) is 10.1 Å². The van der Waals surface area contributed by atoms with Gasteiger partial charge < -0.3 is 4.74 Å². The number of nitrogens with one attached hydrogen (secondary N) is 1. The summed E-state index contributed by atoms with van der Waals surface area (Å²) in [4.78, 5) is 10.2. The van der Waals surface area contributed by atoms with E-state index in [4.69, 9.17) is 10.6 Å². The van der Waals surface area contributed by atoms with Crippen LogP contribution in [0, 0.1) is 15.9 Å². The topological polar surface area (TPSA) is 116 Å². The molecule has 0 bridgehead atoms.